The Morgan fingerprint density at radius 3 is 2.78 bits per heavy atom. The Bertz CT molecular complexity index is 363. The van der Waals surface area contributed by atoms with Crippen LogP contribution in [0.15, 0.2) is 24.5 Å². The Hall–Kier alpha value is -0.970. The van der Waals surface area contributed by atoms with E-state index >= 15 is 0 Å². The largest absolute Gasteiger partial charge is 0.326 e. The molecule has 100 valence electrons. The second kappa shape index (κ2) is 5.78. The molecule has 4 heteroatoms. The van der Waals surface area contributed by atoms with Gasteiger partial charge in [0.25, 0.3) is 0 Å². The number of hydrogen-bond acceptors (Lipinski definition) is 4. The standard InChI is InChI=1S/C14H24N4/c1-11(15)14(12-5-4-7-16-9-12)18-8-6-13(10-18)17(2)3/h4-5,7,9,11,13-14H,6,8,10,15H2,1-3H3. The van der Waals surface area contributed by atoms with E-state index in [1.54, 1.807) is 0 Å². The van der Waals surface area contributed by atoms with Gasteiger partial charge in [0.2, 0.25) is 0 Å². The lowest BCUT2D eigenvalue weighted by Gasteiger charge is -2.31. The van der Waals surface area contributed by atoms with Crippen LogP contribution in [0.2, 0.25) is 0 Å². The van der Waals surface area contributed by atoms with Gasteiger partial charge in [0, 0.05) is 37.6 Å². The summed E-state index contributed by atoms with van der Waals surface area (Å²) in [6, 6.07) is 5.16. The summed E-state index contributed by atoms with van der Waals surface area (Å²) in [4.78, 5) is 9.02. The van der Waals surface area contributed by atoms with Gasteiger partial charge >= 0.3 is 0 Å². The molecule has 2 heterocycles. The van der Waals surface area contributed by atoms with Crippen molar-refractivity contribution in [3.05, 3.63) is 30.1 Å². The molecule has 1 aliphatic heterocycles. The number of likely N-dealkylation sites (N-methyl/N-ethyl adjacent to an activating group) is 1. The van der Waals surface area contributed by atoms with E-state index in [1.165, 1.54) is 12.0 Å². The molecule has 3 unspecified atom stereocenters. The van der Waals surface area contributed by atoms with Crippen LogP contribution in [0.1, 0.15) is 24.9 Å². The minimum absolute atomic E-state index is 0.120. The average Bonchev–Trinajstić information content (AvgIpc) is 2.79. The monoisotopic (exact) mass is 248 g/mol. The molecular weight excluding hydrogens is 224 g/mol. The Morgan fingerprint density at radius 1 is 1.50 bits per heavy atom. The third-order valence-electron chi connectivity index (χ3n) is 3.84. The third kappa shape index (κ3) is 2.88. The first-order chi connectivity index (χ1) is 8.59. The van der Waals surface area contributed by atoms with Crippen molar-refractivity contribution < 1.29 is 0 Å². The highest BCUT2D eigenvalue weighted by Crippen LogP contribution is 2.27. The van der Waals surface area contributed by atoms with E-state index in [9.17, 15) is 0 Å². The molecule has 1 fully saturated rings. The SMILES string of the molecule is CC(N)C(c1cccnc1)N1CCC(N(C)C)C1. The number of rotatable bonds is 4. The van der Waals surface area contributed by atoms with Crippen molar-refractivity contribution in [1.82, 2.24) is 14.8 Å². The maximum atomic E-state index is 6.19. The van der Waals surface area contributed by atoms with Crippen molar-refractivity contribution in [3.63, 3.8) is 0 Å². The van der Waals surface area contributed by atoms with Crippen LogP contribution < -0.4 is 5.73 Å². The molecule has 4 nitrogen and oxygen atoms in total. The smallest absolute Gasteiger partial charge is 0.0512 e. The molecule has 0 bridgehead atoms. The Labute approximate surface area is 110 Å². The van der Waals surface area contributed by atoms with Gasteiger partial charge in [-0.25, -0.2) is 0 Å². The molecule has 1 aromatic heterocycles. The summed E-state index contributed by atoms with van der Waals surface area (Å²) < 4.78 is 0. The van der Waals surface area contributed by atoms with Gasteiger partial charge in [0.1, 0.15) is 0 Å². The third-order valence-corrected chi connectivity index (χ3v) is 3.84. The molecule has 0 saturated carbocycles. The van der Waals surface area contributed by atoms with Crippen molar-refractivity contribution in [3.8, 4) is 0 Å². The first-order valence-electron chi connectivity index (χ1n) is 6.65. The zero-order valence-corrected chi connectivity index (χ0v) is 11.6. The summed E-state index contributed by atoms with van der Waals surface area (Å²) in [5.41, 5.74) is 7.42. The maximum absolute atomic E-state index is 6.19. The van der Waals surface area contributed by atoms with E-state index in [0.29, 0.717) is 6.04 Å². The molecule has 0 radical (unpaired) electrons. The molecule has 0 spiro atoms. The van der Waals surface area contributed by atoms with Crippen molar-refractivity contribution in [2.45, 2.75) is 31.5 Å². The average molecular weight is 248 g/mol. The van der Waals surface area contributed by atoms with Crippen LogP contribution in [-0.4, -0.2) is 54.1 Å². The topological polar surface area (TPSA) is 45.4 Å². The van der Waals surface area contributed by atoms with Crippen LogP contribution in [0.4, 0.5) is 0 Å². The Kier molecular flexibility index (Phi) is 4.32. The van der Waals surface area contributed by atoms with Crippen molar-refractivity contribution in [2.75, 3.05) is 27.2 Å². The van der Waals surface area contributed by atoms with Crippen LogP contribution in [0.25, 0.3) is 0 Å². The van der Waals surface area contributed by atoms with Gasteiger partial charge in [0.15, 0.2) is 0 Å². The van der Waals surface area contributed by atoms with E-state index in [-0.39, 0.29) is 12.1 Å². The van der Waals surface area contributed by atoms with Gasteiger partial charge in [0.05, 0.1) is 6.04 Å². The lowest BCUT2D eigenvalue weighted by Crippen LogP contribution is -2.40. The minimum atomic E-state index is 0.120. The molecule has 0 amide bonds. The first kappa shape index (κ1) is 13.5. The lowest BCUT2D eigenvalue weighted by molar-refractivity contribution is 0.197. The quantitative estimate of drug-likeness (QED) is 0.867. The highest BCUT2D eigenvalue weighted by Gasteiger charge is 2.31. The summed E-state index contributed by atoms with van der Waals surface area (Å²) in [6.07, 6.45) is 4.97. The molecule has 0 aliphatic carbocycles. The molecule has 2 rings (SSSR count). The van der Waals surface area contributed by atoms with Crippen molar-refractivity contribution >= 4 is 0 Å². The summed E-state index contributed by atoms with van der Waals surface area (Å²) in [7, 11) is 4.30. The van der Waals surface area contributed by atoms with Crippen LogP contribution in [0.3, 0.4) is 0 Å². The summed E-state index contributed by atoms with van der Waals surface area (Å²) in [6.45, 7) is 4.29. The molecular formula is C14H24N4. The molecule has 2 N–H and O–H groups in total. The fourth-order valence-corrected chi connectivity index (χ4v) is 2.84. The second-order valence-electron chi connectivity index (χ2n) is 5.49. The number of likely N-dealkylation sites (tertiary alicyclic amines) is 1. The molecule has 1 saturated heterocycles. The highest BCUT2D eigenvalue weighted by molar-refractivity contribution is 5.16. The molecule has 3 atom stereocenters. The zero-order valence-electron chi connectivity index (χ0n) is 11.6. The first-order valence-corrected chi connectivity index (χ1v) is 6.65. The molecule has 0 aromatic carbocycles. The fourth-order valence-electron chi connectivity index (χ4n) is 2.84. The summed E-state index contributed by atoms with van der Waals surface area (Å²) in [5, 5.41) is 0. The predicted molar refractivity (Wildman–Crippen MR) is 74.3 cm³/mol. The van der Waals surface area contributed by atoms with E-state index < -0.39 is 0 Å². The predicted octanol–water partition coefficient (Wildman–Crippen LogP) is 1.11. The van der Waals surface area contributed by atoms with Crippen molar-refractivity contribution in [2.24, 2.45) is 5.73 Å². The van der Waals surface area contributed by atoms with Gasteiger partial charge in [-0.05, 0) is 39.1 Å². The van der Waals surface area contributed by atoms with Crippen LogP contribution >= 0.6 is 0 Å². The molecule has 1 aromatic rings. The zero-order chi connectivity index (χ0) is 13.1. The fraction of sp³-hybridized carbons (Fsp3) is 0.643. The van der Waals surface area contributed by atoms with Gasteiger partial charge in [-0.2, -0.15) is 0 Å². The number of pyridine rings is 1. The van der Waals surface area contributed by atoms with Gasteiger partial charge in [-0.1, -0.05) is 6.07 Å². The van der Waals surface area contributed by atoms with Crippen LogP contribution in [-0.2, 0) is 0 Å². The minimum Gasteiger partial charge on any atom is -0.326 e. The second-order valence-corrected chi connectivity index (χ2v) is 5.49. The molecule has 1 aliphatic rings. The van der Waals surface area contributed by atoms with Crippen molar-refractivity contribution in [1.29, 1.82) is 0 Å². The summed E-state index contributed by atoms with van der Waals surface area (Å²) in [5.74, 6) is 0. The number of hydrogen-bond donors (Lipinski definition) is 1. The summed E-state index contributed by atoms with van der Waals surface area (Å²) >= 11 is 0. The highest BCUT2D eigenvalue weighted by atomic mass is 15.3. The van der Waals surface area contributed by atoms with Crippen LogP contribution in [0, 0.1) is 0 Å². The lowest BCUT2D eigenvalue weighted by atomic mass is 10.0. The van der Waals surface area contributed by atoms with Gasteiger partial charge in [-0.3, -0.25) is 9.88 Å². The Balaban J connectivity index is 2.13. The van der Waals surface area contributed by atoms with E-state index in [0.717, 1.165) is 13.1 Å². The van der Waals surface area contributed by atoms with E-state index in [1.807, 2.05) is 18.5 Å². The van der Waals surface area contributed by atoms with E-state index in [2.05, 4.69) is 41.9 Å². The van der Waals surface area contributed by atoms with Crippen LogP contribution in [0.5, 0.6) is 0 Å². The van der Waals surface area contributed by atoms with E-state index in [4.69, 9.17) is 5.73 Å². The number of nitrogens with zero attached hydrogens (tertiary/aromatic N) is 3. The van der Waals surface area contributed by atoms with Gasteiger partial charge < -0.3 is 10.6 Å². The maximum Gasteiger partial charge on any atom is 0.0512 e. The number of nitrogens with two attached hydrogens (primary N) is 1. The normalized spacial score (nSPS) is 24.4. The molecule has 18 heavy (non-hydrogen) atoms. The number of aromatic nitrogens is 1. The van der Waals surface area contributed by atoms with Gasteiger partial charge in [-0.15, -0.1) is 0 Å². The Morgan fingerprint density at radius 2 is 2.28 bits per heavy atom.